The van der Waals surface area contributed by atoms with Crippen LogP contribution < -0.4 is 5.32 Å². The summed E-state index contributed by atoms with van der Waals surface area (Å²) in [6.07, 6.45) is 1.60. The number of fused-ring (bicyclic) bond motifs is 3. The maximum atomic E-state index is 12.7. The van der Waals surface area contributed by atoms with Gasteiger partial charge in [0.25, 0.3) is 0 Å². The van der Waals surface area contributed by atoms with Crippen molar-refractivity contribution in [1.82, 2.24) is 10.2 Å². The molecule has 1 fully saturated rings. The fourth-order valence-corrected chi connectivity index (χ4v) is 5.35. The van der Waals surface area contributed by atoms with Gasteiger partial charge in [0.2, 0.25) is 5.91 Å². The maximum absolute atomic E-state index is 12.7. The van der Waals surface area contributed by atoms with E-state index < -0.39 is 12.1 Å². The molecule has 0 bridgehead atoms. The number of benzene rings is 2. The molecular formula is C28H34N2O5. The first-order valence-electron chi connectivity index (χ1n) is 12.5. The van der Waals surface area contributed by atoms with E-state index in [2.05, 4.69) is 29.6 Å². The number of carboxylic acid groups (broad SMARTS) is 1. The molecule has 2 aliphatic rings. The zero-order chi connectivity index (χ0) is 24.9. The van der Waals surface area contributed by atoms with Gasteiger partial charge in [0.05, 0.1) is 5.92 Å². The first kappa shape index (κ1) is 24.8. The van der Waals surface area contributed by atoms with E-state index in [9.17, 15) is 19.5 Å². The Bertz CT molecular complexity index is 1040. The molecule has 1 aliphatic carbocycles. The molecule has 4 rings (SSSR count). The molecule has 35 heavy (non-hydrogen) atoms. The molecule has 2 aromatic carbocycles. The molecule has 0 aromatic heterocycles. The standard InChI is InChI=1S/C28H34N2O5/c1-18(15-26(31)30-14-12-20(27(32)33)16-19(30)2)11-13-29-28(34)35-17-25-23-9-5-3-7-21(23)22-8-4-6-10-24(22)25/h3-10,18-20,25H,11-17H2,1-2H3,(H,29,34)(H,32,33). The highest BCUT2D eigenvalue weighted by Gasteiger charge is 2.32. The van der Waals surface area contributed by atoms with Gasteiger partial charge >= 0.3 is 12.1 Å². The Kier molecular flexibility index (Phi) is 7.73. The van der Waals surface area contributed by atoms with Gasteiger partial charge in [0, 0.05) is 31.5 Å². The van der Waals surface area contributed by atoms with E-state index in [0.29, 0.717) is 38.8 Å². The van der Waals surface area contributed by atoms with E-state index >= 15 is 0 Å². The number of carbonyl (C=O) groups is 3. The molecule has 0 radical (unpaired) electrons. The van der Waals surface area contributed by atoms with Crippen LogP contribution in [0.4, 0.5) is 4.79 Å². The van der Waals surface area contributed by atoms with Gasteiger partial charge in [-0.3, -0.25) is 9.59 Å². The Hall–Kier alpha value is -3.35. The topological polar surface area (TPSA) is 95.9 Å². The maximum Gasteiger partial charge on any atom is 0.407 e. The van der Waals surface area contributed by atoms with E-state index in [1.165, 1.54) is 22.3 Å². The van der Waals surface area contributed by atoms with Crippen LogP contribution in [0.15, 0.2) is 48.5 Å². The minimum Gasteiger partial charge on any atom is -0.481 e. The number of ether oxygens (including phenoxy) is 1. The lowest BCUT2D eigenvalue weighted by molar-refractivity contribution is -0.147. The van der Waals surface area contributed by atoms with Crippen molar-refractivity contribution in [2.45, 2.75) is 51.5 Å². The van der Waals surface area contributed by atoms with Gasteiger partial charge in [-0.05, 0) is 54.4 Å². The summed E-state index contributed by atoms with van der Waals surface area (Å²) in [5, 5.41) is 12.0. The van der Waals surface area contributed by atoms with Crippen molar-refractivity contribution in [3.05, 3.63) is 59.7 Å². The minimum atomic E-state index is -0.781. The molecule has 1 saturated heterocycles. The largest absolute Gasteiger partial charge is 0.481 e. The Balaban J connectivity index is 1.20. The summed E-state index contributed by atoms with van der Waals surface area (Å²) in [5.41, 5.74) is 4.74. The zero-order valence-corrected chi connectivity index (χ0v) is 20.4. The Labute approximate surface area is 206 Å². The van der Waals surface area contributed by atoms with E-state index in [4.69, 9.17) is 4.74 Å². The van der Waals surface area contributed by atoms with Crippen molar-refractivity contribution >= 4 is 18.0 Å². The number of aliphatic carboxylic acids is 1. The third-order valence-corrected chi connectivity index (χ3v) is 7.32. The summed E-state index contributed by atoms with van der Waals surface area (Å²) < 4.78 is 5.57. The molecule has 0 spiro atoms. The number of carbonyl (C=O) groups excluding carboxylic acids is 2. The predicted octanol–water partition coefficient (Wildman–Crippen LogP) is 4.65. The molecular weight excluding hydrogens is 444 g/mol. The highest BCUT2D eigenvalue weighted by atomic mass is 16.5. The number of likely N-dealkylation sites (tertiary alicyclic amines) is 1. The van der Waals surface area contributed by atoms with Crippen LogP contribution in [0.3, 0.4) is 0 Å². The number of rotatable bonds is 8. The van der Waals surface area contributed by atoms with Gasteiger partial charge in [-0.1, -0.05) is 55.5 Å². The molecule has 2 N–H and O–H groups in total. The Morgan fingerprint density at radius 3 is 2.31 bits per heavy atom. The molecule has 0 saturated carbocycles. The third-order valence-electron chi connectivity index (χ3n) is 7.32. The van der Waals surface area contributed by atoms with Crippen LogP contribution in [0.5, 0.6) is 0 Å². The quantitative estimate of drug-likeness (QED) is 0.576. The highest BCUT2D eigenvalue weighted by molar-refractivity contribution is 5.79. The van der Waals surface area contributed by atoms with Crippen LogP contribution in [-0.2, 0) is 14.3 Å². The van der Waals surface area contributed by atoms with Crippen LogP contribution in [0.25, 0.3) is 11.1 Å². The van der Waals surface area contributed by atoms with Crippen LogP contribution in [0, 0.1) is 11.8 Å². The molecule has 7 heteroatoms. The third kappa shape index (κ3) is 5.66. The number of carboxylic acids is 1. The average molecular weight is 479 g/mol. The molecule has 186 valence electrons. The van der Waals surface area contributed by atoms with Crippen molar-refractivity contribution in [1.29, 1.82) is 0 Å². The smallest absolute Gasteiger partial charge is 0.407 e. The zero-order valence-electron chi connectivity index (χ0n) is 20.4. The van der Waals surface area contributed by atoms with Crippen molar-refractivity contribution in [2.75, 3.05) is 19.7 Å². The first-order valence-corrected chi connectivity index (χ1v) is 12.5. The number of nitrogens with one attached hydrogen (secondary N) is 1. The monoisotopic (exact) mass is 478 g/mol. The fourth-order valence-electron chi connectivity index (χ4n) is 5.35. The molecule has 7 nitrogen and oxygen atoms in total. The lowest BCUT2D eigenvalue weighted by Gasteiger charge is -2.36. The lowest BCUT2D eigenvalue weighted by Crippen LogP contribution is -2.46. The Morgan fingerprint density at radius 2 is 1.71 bits per heavy atom. The summed E-state index contributed by atoms with van der Waals surface area (Å²) in [7, 11) is 0. The molecule has 2 aromatic rings. The average Bonchev–Trinajstić information content (AvgIpc) is 3.16. The van der Waals surface area contributed by atoms with Gasteiger partial charge in [-0.2, -0.15) is 0 Å². The summed E-state index contributed by atoms with van der Waals surface area (Å²) >= 11 is 0. The Morgan fingerprint density at radius 1 is 1.09 bits per heavy atom. The summed E-state index contributed by atoms with van der Waals surface area (Å²) in [6.45, 7) is 5.10. The number of hydrogen-bond donors (Lipinski definition) is 2. The van der Waals surface area contributed by atoms with Gasteiger partial charge in [0.1, 0.15) is 6.61 Å². The van der Waals surface area contributed by atoms with Gasteiger partial charge in [-0.15, -0.1) is 0 Å². The summed E-state index contributed by atoms with van der Waals surface area (Å²) in [5.74, 6) is -0.975. The number of alkyl carbamates (subject to hydrolysis) is 1. The lowest BCUT2D eigenvalue weighted by atomic mass is 9.91. The highest BCUT2D eigenvalue weighted by Crippen LogP contribution is 2.44. The van der Waals surface area contributed by atoms with Crippen LogP contribution in [0.1, 0.15) is 56.6 Å². The van der Waals surface area contributed by atoms with Crippen molar-refractivity contribution in [2.24, 2.45) is 11.8 Å². The van der Waals surface area contributed by atoms with Crippen LogP contribution >= 0.6 is 0 Å². The first-order chi connectivity index (χ1) is 16.8. The number of hydrogen-bond acceptors (Lipinski definition) is 4. The SMILES string of the molecule is CC(CCNC(=O)OCC1c2ccccc2-c2ccccc21)CC(=O)N1CCC(C(=O)O)CC1C. The number of nitrogens with zero attached hydrogens (tertiary/aromatic N) is 1. The second-order valence-electron chi connectivity index (χ2n) is 9.85. The normalized spacial score (nSPS) is 20.0. The minimum absolute atomic E-state index is 0.0250. The fraction of sp³-hybridized carbons (Fsp3) is 0.464. The van der Waals surface area contributed by atoms with E-state index in [1.54, 1.807) is 4.90 Å². The van der Waals surface area contributed by atoms with Crippen LogP contribution in [-0.4, -0.2) is 53.7 Å². The van der Waals surface area contributed by atoms with Crippen molar-refractivity contribution in [3.63, 3.8) is 0 Å². The van der Waals surface area contributed by atoms with Gasteiger partial charge < -0.3 is 20.1 Å². The van der Waals surface area contributed by atoms with E-state index in [1.807, 2.05) is 38.1 Å². The number of piperidine rings is 1. The molecule has 1 aliphatic heterocycles. The second-order valence-corrected chi connectivity index (χ2v) is 9.85. The van der Waals surface area contributed by atoms with Gasteiger partial charge in [-0.25, -0.2) is 4.79 Å². The molecule has 3 unspecified atom stereocenters. The molecule has 3 atom stereocenters. The van der Waals surface area contributed by atoms with Gasteiger partial charge in [0.15, 0.2) is 0 Å². The van der Waals surface area contributed by atoms with E-state index in [0.717, 1.165) is 0 Å². The number of amides is 2. The summed E-state index contributed by atoms with van der Waals surface area (Å²) in [6, 6.07) is 16.4. The second kappa shape index (κ2) is 10.9. The van der Waals surface area contributed by atoms with Crippen molar-refractivity contribution < 1.29 is 24.2 Å². The predicted molar refractivity (Wildman–Crippen MR) is 133 cm³/mol. The molecule has 2 amide bonds. The summed E-state index contributed by atoms with van der Waals surface area (Å²) in [4.78, 5) is 38.1. The molecule has 1 heterocycles. The van der Waals surface area contributed by atoms with E-state index in [-0.39, 0.29) is 36.3 Å². The van der Waals surface area contributed by atoms with Crippen LogP contribution in [0.2, 0.25) is 0 Å². The van der Waals surface area contributed by atoms with Crippen molar-refractivity contribution in [3.8, 4) is 11.1 Å².